The van der Waals surface area contributed by atoms with Gasteiger partial charge in [0, 0.05) is 17.6 Å². The molecule has 1 aliphatic heterocycles. The Bertz CT molecular complexity index is 810. The average molecular weight is 465 g/mol. The van der Waals surface area contributed by atoms with E-state index in [2.05, 4.69) is 21.2 Å². The summed E-state index contributed by atoms with van der Waals surface area (Å²) in [5.74, 6) is -2.25. The summed E-state index contributed by atoms with van der Waals surface area (Å²) in [5.41, 5.74) is -0.0100. The first-order chi connectivity index (χ1) is 12.6. The Morgan fingerprint density at radius 3 is 2.56 bits per heavy atom. The molecule has 7 nitrogen and oxygen atoms in total. The van der Waals surface area contributed by atoms with Gasteiger partial charge in [-0.2, -0.15) is 0 Å². The highest BCUT2D eigenvalue weighted by Crippen LogP contribution is 2.22. The molecule has 1 amide bonds. The number of nitrogens with one attached hydrogen (secondary N) is 1. The fraction of sp³-hybridized carbons (Fsp3) is 0.529. The van der Waals surface area contributed by atoms with Gasteiger partial charge in [-0.25, -0.2) is 17.1 Å². The van der Waals surface area contributed by atoms with Crippen LogP contribution >= 0.6 is 15.9 Å². The van der Waals surface area contributed by atoms with Crippen LogP contribution < -0.4 is 5.32 Å². The van der Waals surface area contributed by atoms with Gasteiger partial charge in [-0.05, 0) is 44.9 Å². The second-order valence-corrected chi connectivity index (χ2v) is 9.44. The van der Waals surface area contributed by atoms with Crippen LogP contribution in [-0.4, -0.2) is 49.5 Å². The minimum Gasteiger partial charge on any atom is -0.452 e. The number of piperidine rings is 1. The molecule has 1 N–H and O–H groups in total. The molecule has 2 rings (SSSR count). The molecule has 150 valence electrons. The summed E-state index contributed by atoms with van der Waals surface area (Å²) in [6.07, 6.45) is -0.417. The van der Waals surface area contributed by atoms with Crippen molar-refractivity contribution >= 4 is 43.5 Å². The van der Waals surface area contributed by atoms with E-state index in [1.807, 2.05) is 0 Å². The first kappa shape index (κ1) is 21.8. The van der Waals surface area contributed by atoms with Gasteiger partial charge in [0.15, 0.2) is 6.10 Å². The van der Waals surface area contributed by atoms with E-state index in [9.17, 15) is 22.4 Å². The number of hydrogen-bond donors (Lipinski definition) is 1. The van der Waals surface area contributed by atoms with Gasteiger partial charge < -0.3 is 10.1 Å². The Hall–Kier alpha value is -1.52. The Morgan fingerprint density at radius 2 is 2.00 bits per heavy atom. The van der Waals surface area contributed by atoms with E-state index in [-0.39, 0.29) is 24.5 Å². The van der Waals surface area contributed by atoms with E-state index >= 15 is 0 Å². The summed E-state index contributed by atoms with van der Waals surface area (Å²) in [4.78, 5) is 24.4. The fourth-order valence-electron chi connectivity index (χ4n) is 2.70. The van der Waals surface area contributed by atoms with E-state index < -0.39 is 39.7 Å². The van der Waals surface area contributed by atoms with Crippen molar-refractivity contribution in [3.63, 3.8) is 0 Å². The van der Waals surface area contributed by atoms with Crippen molar-refractivity contribution in [3.05, 3.63) is 28.5 Å². The van der Waals surface area contributed by atoms with Gasteiger partial charge in [0.25, 0.3) is 5.91 Å². The molecule has 1 heterocycles. The minimum absolute atomic E-state index is 0.0100. The monoisotopic (exact) mass is 464 g/mol. The summed E-state index contributed by atoms with van der Waals surface area (Å²) in [7, 11) is -3.27. The molecule has 10 heteroatoms. The van der Waals surface area contributed by atoms with Gasteiger partial charge in [0.2, 0.25) is 10.0 Å². The zero-order valence-corrected chi connectivity index (χ0v) is 17.5. The molecule has 1 unspecified atom stereocenters. The first-order valence-electron chi connectivity index (χ1n) is 8.58. The van der Waals surface area contributed by atoms with E-state index in [1.165, 1.54) is 23.4 Å². The summed E-state index contributed by atoms with van der Waals surface area (Å²) in [6.45, 7) is 3.48. The van der Waals surface area contributed by atoms with Gasteiger partial charge in [-0.3, -0.25) is 9.59 Å². The number of ether oxygens (including phenoxy) is 1. The van der Waals surface area contributed by atoms with Crippen LogP contribution in [0.2, 0.25) is 0 Å². The second kappa shape index (κ2) is 9.11. The predicted molar refractivity (Wildman–Crippen MR) is 102 cm³/mol. The number of rotatable bonds is 6. The predicted octanol–water partition coefficient (Wildman–Crippen LogP) is 2.52. The van der Waals surface area contributed by atoms with Gasteiger partial charge in [-0.15, -0.1) is 0 Å². The molecule has 0 radical (unpaired) electrons. The number of hydrogen-bond acceptors (Lipinski definition) is 5. The smallest absolute Gasteiger partial charge is 0.309 e. The average Bonchev–Trinajstić information content (AvgIpc) is 2.63. The van der Waals surface area contributed by atoms with Gasteiger partial charge >= 0.3 is 5.97 Å². The van der Waals surface area contributed by atoms with Gasteiger partial charge in [0.05, 0.1) is 17.4 Å². The third kappa shape index (κ3) is 5.73. The molecule has 1 saturated heterocycles. The Morgan fingerprint density at radius 1 is 1.37 bits per heavy atom. The van der Waals surface area contributed by atoms with Crippen molar-refractivity contribution in [2.45, 2.75) is 32.8 Å². The van der Waals surface area contributed by atoms with Crippen molar-refractivity contribution in [1.82, 2.24) is 4.31 Å². The van der Waals surface area contributed by atoms with Crippen LogP contribution in [0.5, 0.6) is 0 Å². The number of nitrogens with zero attached hydrogens (tertiary/aromatic N) is 1. The van der Waals surface area contributed by atoms with Crippen molar-refractivity contribution in [3.8, 4) is 0 Å². The standard InChI is InChI=1S/C17H22BrFN2O5S/c1-3-27(24,25)21-8-6-12(7-9-21)17(23)26-11(2)16(22)20-15-5-4-13(18)10-14(15)19/h4-5,10-12H,3,6-9H2,1-2H3,(H,20,22). The second-order valence-electron chi connectivity index (χ2n) is 6.27. The molecule has 1 atom stereocenters. The molecule has 1 aromatic rings. The summed E-state index contributed by atoms with van der Waals surface area (Å²) < 4.78 is 44.6. The van der Waals surface area contributed by atoms with Gasteiger partial charge in [-0.1, -0.05) is 15.9 Å². The molecule has 1 fully saturated rings. The molecule has 27 heavy (non-hydrogen) atoms. The number of anilines is 1. The largest absolute Gasteiger partial charge is 0.452 e. The highest BCUT2D eigenvalue weighted by atomic mass is 79.9. The number of amides is 1. The lowest BCUT2D eigenvalue weighted by Gasteiger charge is -2.30. The number of benzene rings is 1. The Kier molecular flexibility index (Phi) is 7.35. The van der Waals surface area contributed by atoms with Crippen molar-refractivity contribution in [2.75, 3.05) is 24.2 Å². The maximum absolute atomic E-state index is 13.8. The van der Waals surface area contributed by atoms with Crippen LogP contribution in [0, 0.1) is 11.7 Å². The number of carbonyl (C=O) groups excluding carboxylic acids is 2. The number of esters is 1. The van der Waals surface area contributed by atoms with Crippen LogP contribution in [0.3, 0.4) is 0 Å². The number of sulfonamides is 1. The normalized spacial score (nSPS) is 17.3. The van der Waals surface area contributed by atoms with Crippen LogP contribution in [0.25, 0.3) is 0 Å². The molecule has 1 aromatic carbocycles. The third-order valence-corrected chi connectivity index (χ3v) is 6.77. The van der Waals surface area contributed by atoms with E-state index in [1.54, 1.807) is 13.0 Å². The topological polar surface area (TPSA) is 92.8 Å². The fourth-order valence-corrected chi connectivity index (χ4v) is 4.17. The molecule has 0 spiro atoms. The zero-order valence-electron chi connectivity index (χ0n) is 15.1. The lowest BCUT2D eigenvalue weighted by molar-refractivity contribution is -0.158. The van der Waals surface area contributed by atoms with E-state index in [4.69, 9.17) is 4.74 Å². The van der Waals surface area contributed by atoms with Crippen molar-refractivity contribution < 1.29 is 27.1 Å². The molecule has 0 aliphatic carbocycles. The summed E-state index contributed by atoms with van der Waals surface area (Å²) >= 11 is 3.13. The molecule has 0 saturated carbocycles. The maximum atomic E-state index is 13.8. The number of carbonyl (C=O) groups is 2. The molecular formula is C17H22BrFN2O5S. The Balaban J connectivity index is 1.87. The Labute approximate surface area is 166 Å². The van der Waals surface area contributed by atoms with Crippen molar-refractivity contribution in [1.29, 1.82) is 0 Å². The summed E-state index contributed by atoms with van der Waals surface area (Å²) in [6, 6.07) is 4.19. The van der Waals surface area contributed by atoms with Crippen LogP contribution in [0.15, 0.2) is 22.7 Å². The molecule has 1 aliphatic rings. The highest BCUT2D eigenvalue weighted by Gasteiger charge is 2.32. The van der Waals surface area contributed by atoms with Crippen LogP contribution in [0.1, 0.15) is 26.7 Å². The minimum atomic E-state index is -3.27. The van der Waals surface area contributed by atoms with Crippen molar-refractivity contribution in [2.24, 2.45) is 5.92 Å². The molecular weight excluding hydrogens is 443 g/mol. The number of halogens is 2. The lowest BCUT2D eigenvalue weighted by Crippen LogP contribution is -2.42. The first-order valence-corrected chi connectivity index (χ1v) is 11.0. The van der Waals surface area contributed by atoms with Gasteiger partial charge in [0.1, 0.15) is 5.82 Å². The van der Waals surface area contributed by atoms with Crippen LogP contribution in [0.4, 0.5) is 10.1 Å². The lowest BCUT2D eigenvalue weighted by atomic mass is 9.98. The maximum Gasteiger partial charge on any atom is 0.309 e. The summed E-state index contributed by atoms with van der Waals surface area (Å²) in [5, 5.41) is 2.38. The van der Waals surface area contributed by atoms with Crippen LogP contribution in [-0.2, 0) is 24.3 Å². The quantitative estimate of drug-likeness (QED) is 0.652. The third-order valence-electron chi connectivity index (χ3n) is 4.40. The van der Waals surface area contributed by atoms with E-state index in [0.29, 0.717) is 17.3 Å². The SMILES string of the molecule is CCS(=O)(=O)N1CCC(C(=O)OC(C)C(=O)Nc2ccc(Br)cc2F)CC1. The zero-order chi connectivity index (χ0) is 20.2. The van der Waals surface area contributed by atoms with E-state index in [0.717, 1.165) is 0 Å². The molecule has 0 bridgehead atoms. The highest BCUT2D eigenvalue weighted by molar-refractivity contribution is 9.10. The molecule has 0 aromatic heterocycles.